The van der Waals surface area contributed by atoms with E-state index in [9.17, 15) is 4.57 Å². The number of hydrogen-bond donors (Lipinski definition) is 0. The van der Waals surface area contributed by atoms with E-state index in [-0.39, 0.29) is 0 Å². The molecule has 1 unspecified atom stereocenters. The van der Waals surface area contributed by atoms with Gasteiger partial charge in [-0.15, -0.1) is 0 Å². The van der Waals surface area contributed by atoms with Gasteiger partial charge in [0.1, 0.15) is 0 Å². The third kappa shape index (κ3) is 2.85. The van der Waals surface area contributed by atoms with Gasteiger partial charge in [0.25, 0.3) is 0 Å². The van der Waals surface area contributed by atoms with Crippen LogP contribution in [0.2, 0.25) is 0 Å². The van der Waals surface area contributed by atoms with Crippen LogP contribution in [0.3, 0.4) is 0 Å². The van der Waals surface area contributed by atoms with Crippen molar-refractivity contribution in [2.75, 3.05) is 0 Å². The number of benzene rings is 3. The van der Waals surface area contributed by atoms with Gasteiger partial charge in [-0.1, -0.05) is 103 Å². The van der Waals surface area contributed by atoms with Crippen molar-refractivity contribution in [1.29, 1.82) is 0 Å². The fraction of sp³-hybridized carbons (Fsp3) is 0.0526. The lowest BCUT2D eigenvalue weighted by molar-refractivity contribution is 0.582. The first-order chi connectivity index (χ1) is 11.1. The Balaban J connectivity index is 2.27. The second-order valence-corrected chi connectivity index (χ2v) is 9.73. The molecule has 0 radical (unpaired) electrons. The fourth-order valence-electron chi connectivity index (χ4n) is 2.61. The number of alkyl halides is 1. The second-order valence-electron chi connectivity index (χ2n) is 5.22. The average Bonchev–Trinajstić information content (AvgIpc) is 2.63. The molecule has 116 valence electrons. The van der Waals surface area contributed by atoms with Crippen molar-refractivity contribution in [1.82, 2.24) is 0 Å². The molecule has 4 heteroatoms. The molecule has 0 amide bonds. The summed E-state index contributed by atoms with van der Waals surface area (Å²) in [6.07, 6.45) is 0. The van der Waals surface area contributed by atoms with E-state index in [1.54, 1.807) is 12.1 Å². The van der Waals surface area contributed by atoms with Gasteiger partial charge in [0.2, 0.25) is 6.49 Å². The molecule has 0 aliphatic heterocycles. The molecule has 1 nitrogen and oxygen atoms in total. The van der Waals surface area contributed by atoms with E-state index in [4.69, 9.17) is 22.8 Å². The Morgan fingerprint density at radius 1 is 0.652 bits per heavy atom. The highest BCUT2D eigenvalue weighted by molar-refractivity contribution is 7.97. The maximum absolute atomic E-state index is 13.7. The number of rotatable bonds is 4. The van der Waals surface area contributed by atoms with Crippen LogP contribution in [0.5, 0.6) is 0 Å². The minimum Gasteiger partial charge on any atom is -0.299 e. The lowest BCUT2D eigenvalue weighted by Crippen LogP contribution is -2.24. The summed E-state index contributed by atoms with van der Waals surface area (Å²) < 4.78 is 12.4. The summed E-state index contributed by atoms with van der Waals surface area (Å²) >= 11 is 13.7. The fourth-order valence-corrected chi connectivity index (χ4v) is 5.96. The largest absolute Gasteiger partial charge is 0.299 e. The van der Waals surface area contributed by atoms with Crippen LogP contribution in [0.1, 0.15) is 11.1 Å². The van der Waals surface area contributed by atoms with E-state index in [0.717, 1.165) is 11.1 Å². The smallest absolute Gasteiger partial charge is 0.226 e. The Labute approximate surface area is 146 Å². The van der Waals surface area contributed by atoms with Crippen LogP contribution in [0.15, 0.2) is 91.0 Å². The van der Waals surface area contributed by atoms with Crippen molar-refractivity contribution >= 4 is 34.6 Å². The molecule has 3 rings (SSSR count). The molecule has 0 fully saturated rings. The van der Waals surface area contributed by atoms with Crippen LogP contribution in [0.25, 0.3) is 0 Å². The Morgan fingerprint density at radius 3 is 1.39 bits per heavy atom. The summed E-state index contributed by atoms with van der Waals surface area (Å²) in [5, 5.41) is 0.546. The molecule has 23 heavy (non-hydrogen) atoms. The first-order valence-electron chi connectivity index (χ1n) is 7.22. The topological polar surface area (TPSA) is 17.1 Å². The zero-order valence-corrected chi connectivity index (χ0v) is 14.7. The summed E-state index contributed by atoms with van der Waals surface area (Å²) in [7, 11) is 0. The van der Waals surface area contributed by atoms with Gasteiger partial charge in [0.05, 0.1) is 0 Å². The van der Waals surface area contributed by atoms with Crippen LogP contribution < -0.4 is 5.30 Å². The molecule has 1 atom stereocenters. The van der Waals surface area contributed by atoms with E-state index >= 15 is 0 Å². The predicted molar refractivity (Wildman–Crippen MR) is 99.1 cm³/mol. The molecule has 0 bridgehead atoms. The Kier molecular flexibility index (Phi) is 4.64. The van der Waals surface area contributed by atoms with Gasteiger partial charge in [0.15, 0.2) is 4.62 Å². The first-order valence-corrected chi connectivity index (χ1v) is 10.2. The Bertz CT molecular complexity index is 780. The summed E-state index contributed by atoms with van der Waals surface area (Å²) in [4.78, 5) is 0. The molecule has 0 saturated heterocycles. The molecule has 0 aliphatic carbocycles. The summed E-state index contributed by atoms with van der Waals surface area (Å²) in [5.74, 6) is 0. The van der Waals surface area contributed by atoms with Crippen molar-refractivity contribution in [2.45, 2.75) is 4.62 Å². The quantitative estimate of drug-likeness (QED) is 0.413. The zero-order valence-electron chi connectivity index (χ0n) is 12.3. The highest BCUT2D eigenvalue weighted by atomic mass is 35.7. The van der Waals surface area contributed by atoms with E-state index in [1.165, 1.54) is 0 Å². The molecule has 0 spiro atoms. The van der Waals surface area contributed by atoms with E-state index < -0.39 is 11.1 Å². The minimum absolute atomic E-state index is 0.546. The summed E-state index contributed by atoms with van der Waals surface area (Å²) in [6, 6.07) is 27.7. The number of hydrogen-bond acceptors (Lipinski definition) is 1. The third-order valence-corrected chi connectivity index (χ3v) is 8.82. The molecule has 0 saturated carbocycles. The zero-order chi connectivity index (χ0) is 16.3. The maximum Gasteiger partial charge on any atom is 0.226 e. The molecular weight excluding hydrogens is 346 g/mol. The van der Waals surface area contributed by atoms with Gasteiger partial charge in [-0.3, -0.25) is 4.57 Å². The predicted octanol–water partition coefficient (Wildman–Crippen LogP) is 5.97. The monoisotopic (exact) mass is 360 g/mol. The van der Waals surface area contributed by atoms with E-state index in [1.807, 2.05) is 78.9 Å². The van der Waals surface area contributed by atoms with Gasteiger partial charge >= 0.3 is 0 Å². The Hall–Kier alpha value is -1.53. The SMILES string of the molecule is O=P(Cl)(c1ccccc1)C(Cl)(c1ccccc1)c1ccccc1. The van der Waals surface area contributed by atoms with Gasteiger partial charge in [-0.2, -0.15) is 0 Å². The van der Waals surface area contributed by atoms with Crippen molar-refractivity contribution < 1.29 is 4.57 Å². The van der Waals surface area contributed by atoms with Crippen molar-refractivity contribution in [3.63, 3.8) is 0 Å². The number of halogens is 2. The molecule has 0 aromatic heterocycles. The summed E-state index contributed by atoms with van der Waals surface area (Å²) in [5.41, 5.74) is 1.44. The van der Waals surface area contributed by atoms with Gasteiger partial charge in [-0.25, -0.2) is 0 Å². The first kappa shape index (κ1) is 16.3. The van der Waals surface area contributed by atoms with E-state index in [2.05, 4.69) is 0 Å². The van der Waals surface area contributed by atoms with Gasteiger partial charge < -0.3 is 0 Å². The standard InChI is InChI=1S/C19H15Cl2OP/c20-19(16-10-4-1-5-11-16,17-12-6-2-7-13-17)23(21,22)18-14-8-3-9-15-18/h1-15H. The van der Waals surface area contributed by atoms with Crippen molar-refractivity contribution in [3.05, 3.63) is 102 Å². The van der Waals surface area contributed by atoms with Crippen molar-refractivity contribution in [2.24, 2.45) is 0 Å². The minimum atomic E-state index is -3.47. The average molecular weight is 361 g/mol. The van der Waals surface area contributed by atoms with E-state index in [0.29, 0.717) is 5.30 Å². The van der Waals surface area contributed by atoms with Gasteiger partial charge in [-0.05, 0) is 22.4 Å². The lowest BCUT2D eigenvalue weighted by Gasteiger charge is -2.33. The van der Waals surface area contributed by atoms with Crippen LogP contribution in [-0.2, 0) is 9.18 Å². The summed E-state index contributed by atoms with van der Waals surface area (Å²) in [6.45, 7) is -3.47. The maximum atomic E-state index is 13.7. The molecule has 3 aromatic rings. The van der Waals surface area contributed by atoms with Crippen LogP contribution in [0.4, 0.5) is 0 Å². The van der Waals surface area contributed by atoms with Crippen LogP contribution in [-0.4, -0.2) is 0 Å². The molecule has 0 N–H and O–H groups in total. The molecule has 0 heterocycles. The van der Waals surface area contributed by atoms with Crippen LogP contribution in [0, 0.1) is 0 Å². The second kappa shape index (κ2) is 6.53. The lowest BCUT2D eigenvalue weighted by atomic mass is 10.0. The normalized spacial score (nSPS) is 14.2. The molecule has 0 aliphatic rings. The van der Waals surface area contributed by atoms with Crippen LogP contribution >= 0.6 is 29.3 Å². The third-order valence-electron chi connectivity index (χ3n) is 3.80. The highest BCUT2D eigenvalue weighted by Crippen LogP contribution is 2.71. The molecular formula is C19H15Cl2OP. The molecule has 3 aromatic carbocycles. The highest BCUT2D eigenvalue weighted by Gasteiger charge is 2.49. The Morgan fingerprint density at radius 2 is 1.00 bits per heavy atom. The van der Waals surface area contributed by atoms with Gasteiger partial charge in [0, 0.05) is 5.30 Å². The van der Waals surface area contributed by atoms with Crippen molar-refractivity contribution in [3.8, 4) is 0 Å².